The Labute approximate surface area is 80.1 Å². The largest absolute Gasteiger partial charge is 0.478 e. The number of hydrogen-bond acceptors (Lipinski definition) is 3. The van der Waals surface area contributed by atoms with Crippen molar-refractivity contribution in [3.05, 3.63) is 35.4 Å². The fraction of sp³-hybridized carbons (Fsp3) is 0.111. The molecule has 5 heteroatoms. The first-order chi connectivity index (χ1) is 6.61. The van der Waals surface area contributed by atoms with Gasteiger partial charge in [-0.15, -0.1) is 0 Å². The number of rotatable bonds is 3. The lowest BCUT2D eigenvalue weighted by molar-refractivity contribution is 0.0691. The highest BCUT2D eigenvalue weighted by atomic mass is 16.5. The second-order valence-electron chi connectivity index (χ2n) is 2.57. The first kappa shape index (κ1) is 10.0. The summed E-state index contributed by atoms with van der Waals surface area (Å²) in [5.74, 6) is -1.06. The Bertz CT molecular complexity index is 362. The summed E-state index contributed by atoms with van der Waals surface area (Å²) in [5.41, 5.74) is 5.28. The summed E-state index contributed by atoms with van der Waals surface area (Å²) in [6, 6.07) is 6.25. The van der Waals surface area contributed by atoms with E-state index in [1.807, 2.05) is 0 Å². The average Bonchev–Trinajstić information content (AvgIpc) is 2.15. The van der Waals surface area contributed by atoms with Gasteiger partial charge in [0, 0.05) is 5.56 Å². The number of amides is 1. The Kier molecular flexibility index (Phi) is 3.06. The number of hydrogen-bond donors (Lipinski definition) is 2. The Morgan fingerprint density at radius 3 is 2.57 bits per heavy atom. The Balaban J connectivity index is 2.84. The van der Waals surface area contributed by atoms with Gasteiger partial charge in [-0.05, 0) is 6.07 Å². The molecule has 0 fully saturated rings. The van der Waals surface area contributed by atoms with Gasteiger partial charge in [-0.25, -0.2) is 9.59 Å². The van der Waals surface area contributed by atoms with Gasteiger partial charge in [0.2, 0.25) is 0 Å². The quantitative estimate of drug-likeness (QED) is 0.752. The second-order valence-corrected chi connectivity index (χ2v) is 2.57. The van der Waals surface area contributed by atoms with Crippen molar-refractivity contribution in [2.45, 2.75) is 6.61 Å². The van der Waals surface area contributed by atoms with Crippen molar-refractivity contribution >= 4 is 12.1 Å². The average molecular weight is 195 g/mol. The smallest absolute Gasteiger partial charge is 0.404 e. The van der Waals surface area contributed by atoms with Crippen LogP contribution in [0.1, 0.15) is 15.9 Å². The van der Waals surface area contributed by atoms with E-state index in [1.165, 1.54) is 6.07 Å². The molecule has 0 heterocycles. The summed E-state index contributed by atoms with van der Waals surface area (Å²) in [6.45, 7) is -0.127. The highest BCUT2D eigenvalue weighted by Crippen LogP contribution is 2.09. The molecule has 3 N–H and O–H groups in total. The Morgan fingerprint density at radius 1 is 1.36 bits per heavy atom. The summed E-state index contributed by atoms with van der Waals surface area (Å²) in [5, 5.41) is 8.76. The number of ether oxygens (including phenoxy) is 1. The molecule has 0 aromatic heterocycles. The van der Waals surface area contributed by atoms with Crippen molar-refractivity contribution in [3.63, 3.8) is 0 Å². The molecule has 0 bridgehead atoms. The summed E-state index contributed by atoms with van der Waals surface area (Å²) in [4.78, 5) is 21.0. The first-order valence-corrected chi connectivity index (χ1v) is 3.84. The summed E-state index contributed by atoms with van der Waals surface area (Å²) < 4.78 is 4.49. The maximum atomic E-state index is 10.7. The SMILES string of the molecule is NC(=O)OCc1ccccc1C(=O)O. The van der Waals surface area contributed by atoms with Crippen molar-refractivity contribution < 1.29 is 19.4 Å². The molecule has 0 saturated heterocycles. The molecule has 0 aliphatic rings. The van der Waals surface area contributed by atoms with Gasteiger partial charge in [-0.3, -0.25) is 0 Å². The maximum absolute atomic E-state index is 10.7. The molecule has 0 atom stereocenters. The van der Waals surface area contributed by atoms with E-state index >= 15 is 0 Å². The predicted octanol–water partition coefficient (Wildman–Crippen LogP) is 0.980. The zero-order chi connectivity index (χ0) is 10.6. The van der Waals surface area contributed by atoms with Crippen LogP contribution in [0.5, 0.6) is 0 Å². The topological polar surface area (TPSA) is 89.6 Å². The third kappa shape index (κ3) is 2.48. The van der Waals surface area contributed by atoms with E-state index in [0.717, 1.165) is 0 Å². The summed E-state index contributed by atoms with van der Waals surface area (Å²) in [7, 11) is 0. The van der Waals surface area contributed by atoms with Gasteiger partial charge in [0.15, 0.2) is 0 Å². The van der Waals surface area contributed by atoms with Crippen molar-refractivity contribution in [1.29, 1.82) is 0 Å². The van der Waals surface area contributed by atoms with Gasteiger partial charge in [0.1, 0.15) is 6.61 Å². The standard InChI is InChI=1S/C9H9NO4/c10-9(13)14-5-6-3-1-2-4-7(6)8(11)12/h1-4H,5H2,(H2,10,13)(H,11,12). The zero-order valence-electron chi connectivity index (χ0n) is 7.27. The van der Waals surface area contributed by atoms with Crippen LogP contribution in [0.25, 0.3) is 0 Å². The fourth-order valence-corrected chi connectivity index (χ4v) is 1.00. The minimum absolute atomic E-state index is 0.105. The van der Waals surface area contributed by atoms with E-state index in [0.29, 0.717) is 5.56 Å². The molecule has 1 rings (SSSR count). The van der Waals surface area contributed by atoms with Crippen molar-refractivity contribution in [2.75, 3.05) is 0 Å². The highest BCUT2D eigenvalue weighted by molar-refractivity contribution is 5.89. The molecule has 0 unspecified atom stereocenters. The molecule has 1 aromatic rings. The molecule has 14 heavy (non-hydrogen) atoms. The number of carbonyl (C=O) groups excluding carboxylic acids is 1. The molecule has 1 amide bonds. The third-order valence-corrected chi connectivity index (χ3v) is 1.62. The Morgan fingerprint density at radius 2 is 2.00 bits per heavy atom. The van der Waals surface area contributed by atoms with E-state index in [-0.39, 0.29) is 12.2 Å². The lowest BCUT2D eigenvalue weighted by atomic mass is 10.1. The van der Waals surface area contributed by atoms with Crippen molar-refractivity contribution in [2.24, 2.45) is 5.73 Å². The minimum Gasteiger partial charge on any atom is -0.478 e. The fourth-order valence-electron chi connectivity index (χ4n) is 1.00. The number of benzene rings is 1. The van der Waals surface area contributed by atoms with Crippen molar-refractivity contribution in [1.82, 2.24) is 0 Å². The van der Waals surface area contributed by atoms with Crippen LogP contribution in [-0.2, 0) is 11.3 Å². The molecule has 0 saturated carbocycles. The highest BCUT2D eigenvalue weighted by Gasteiger charge is 2.09. The molecular formula is C9H9NO4. The summed E-state index contributed by atoms with van der Waals surface area (Å²) in [6.07, 6.45) is -0.926. The van der Waals surface area contributed by atoms with Crippen LogP contribution >= 0.6 is 0 Å². The molecule has 0 radical (unpaired) electrons. The number of carbonyl (C=O) groups is 2. The minimum atomic E-state index is -1.06. The second kappa shape index (κ2) is 4.27. The maximum Gasteiger partial charge on any atom is 0.404 e. The number of aromatic carboxylic acids is 1. The van der Waals surface area contributed by atoms with Crippen LogP contribution in [0.15, 0.2) is 24.3 Å². The Hall–Kier alpha value is -2.04. The molecule has 1 aromatic carbocycles. The first-order valence-electron chi connectivity index (χ1n) is 3.84. The van der Waals surface area contributed by atoms with E-state index in [4.69, 9.17) is 10.8 Å². The van der Waals surface area contributed by atoms with E-state index in [9.17, 15) is 9.59 Å². The van der Waals surface area contributed by atoms with Crippen LogP contribution < -0.4 is 5.73 Å². The van der Waals surface area contributed by atoms with E-state index in [1.54, 1.807) is 18.2 Å². The lowest BCUT2D eigenvalue weighted by Gasteiger charge is -2.04. The normalized spacial score (nSPS) is 9.43. The van der Waals surface area contributed by atoms with Crippen LogP contribution in [-0.4, -0.2) is 17.2 Å². The van der Waals surface area contributed by atoms with Gasteiger partial charge in [0.25, 0.3) is 0 Å². The number of carboxylic acid groups (broad SMARTS) is 1. The predicted molar refractivity (Wildman–Crippen MR) is 47.8 cm³/mol. The van der Waals surface area contributed by atoms with Gasteiger partial charge < -0.3 is 15.6 Å². The number of primary amides is 1. The van der Waals surface area contributed by atoms with E-state index in [2.05, 4.69) is 4.74 Å². The van der Waals surface area contributed by atoms with Crippen LogP contribution in [0, 0.1) is 0 Å². The van der Waals surface area contributed by atoms with Crippen LogP contribution in [0.3, 0.4) is 0 Å². The van der Waals surface area contributed by atoms with E-state index < -0.39 is 12.1 Å². The monoisotopic (exact) mass is 195 g/mol. The van der Waals surface area contributed by atoms with Gasteiger partial charge >= 0.3 is 12.1 Å². The number of nitrogens with two attached hydrogens (primary N) is 1. The number of carboxylic acids is 1. The molecule has 0 aliphatic heterocycles. The van der Waals surface area contributed by atoms with Gasteiger partial charge in [0.05, 0.1) is 5.56 Å². The van der Waals surface area contributed by atoms with Crippen LogP contribution in [0.2, 0.25) is 0 Å². The van der Waals surface area contributed by atoms with Gasteiger partial charge in [-0.1, -0.05) is 18.2 Å². The summed E-state index contributed by atoms with van der Waals surface area (Å²) >= 11 is 0. The molecule has 0 spiro atoms. The van der Waals surface area contributed by atoms with Crippen LogP contribution in [0.4, 0.5) is 4.79 Å². The zero-order valence-corrected chi connectivity index (χ0v) is 7.27. The van der Waals surface area contributed by atoms with Crippen molar-refractivity contribution in [3.8, 4) is 0 Å². The van der Waals surface area contributed by atoms with Gasteiger partial charge in [-0.2, -0.15) is 0 Å². The third-order valence-electron chi connectivity index (χ3n) is 1.62. The molecule has 5 nitrogen and oxygen atoms in total. The molecule has 74 valence electrons. The molecular weight excluding hydrogens is 186 g/mol. The molecule has 0 aliphatic carbocycles. The lowest BCUT2D eigenvalue weighted by Crippen LogP contribution is -2.14.